The summed E-state index contributed by atoms with van der Waals surface area (Å²) in [5, 5.41) is 27.7. The molecule has 0 fully saturated rings. The van der Waals surface area contributed by atoms with Gasteiger partial charge in [0.05, 0.1) is 5.56 Å². The summed E-state index contributed by atoms with van der Waals surface area (Å²) in [4.78, 5) is 19.6. The van der Waals surface area contributed by atoms with Gasteiger partial charge in [0.1, 0.15) is 30.9 Å². The molecule has 1 atom stereocenters. The van der Waals surface area contributed by atoms with E-state index in [-0.39, 0.29) is 13.2 Å². The molecule has 1 amide bonds. The number of aliphatic hydroxyl groups excluding tert-OH is 2. The van der Waals surface area contributed by atoms with Crippen molar-refractivity contribution in [1.82, 2.24) is 20.1 Å². The number of nitrogens with zero attached hydrogens (tertiary/aromatic N) is 5. The Morgan fingerprint density at radius 2 is 1.70 bits per heavy atom. The van der Waals surface area contributed by atoms with Crippen molar-refractivity contribution in [1.29, 1.82) is 0 Å². The van der Waals surface area contributed by atoms with Crippen LogP contribution in [0.5, 0.6) is 5.75 Å². The van der Waals surface area contributed by atoms with Gasteiger partial charge in [-0.25, -0.2) is 4.98 Å². The van der Waals surface area contributed by atoms with Crippen LogP contribution < -0.4 is 9.64 Å². The normalized spacial score (nSPS) is 11.9. The number of benzene rings is 1. The van der Waals surface area contributed by atoms with Crippen molar-refractivity contribution in [2.45, 2.75) is 47.1 Å². The third kappa shape index (κ3) is 6.64. The molecule has 0 unspecified atom stereocenters. The first-order valence-electron chi connectivity index (χ1n) is 12.6. The lowest BCUT2D eigenvalue weighted by atomic mass is 10.0. The number of ether oxygens (including phenoxy) is 1. The first-order valence-corrected chi connectivity index (χ1v) is 12.6. The molecule has 10 heteroatoms. The number of pyridine rings is 1. The van der Waals surface area contributed by atoms with Crippen LogP contribution in [0.4, 0.5) is 5.82 Å². The molecule has 0 saturated heterocycles. The van der Waals surface area contributed by atoms with Gasteiger partial charge in [0, 0.05) is 38.4 Å². The molecule has 2 heterocycles. The SMILES string of the molecule is CCc1cc(-c2nnc(-c3cnc(N(CC)CC)c(C)c3)o2)cc(C)c1OC[C@@H](O)CN(C)C(=O)CO. The first kappa shape index (κ1) is 28.1. The molecule has 0 aliphatic rings. The second kappa shape index (κ2) is 12.6. The fourth-order valence-electron chi connectivity index (χ4n) is 4.21. The average molecular weight is 512 g/mol. The van der Waals surface area contributed by atoms with E-state index in [4.69, 9.17) is 14.3 Å². The number of likely N-dealkylation sites (N-methyl/N-ethyl adjacent to an activating group) is 1. The van der Waals surface area contributed by atoms with Crippen LogP contribution in [-0.2, 0) is 11.2 Å². The third-order valence-corrected chi connectivity index (χ3v) is 6.23. The highest BCUT2D eigenvalue weighted by Crippen LogP contribution is 2.32. The van der Waals surface area contributed by atoms with Crippen LogP contribution in [-0.4, -0.2) is 82.2 Å². The second-order valence-corrected chi connectivity index (χ2v) is 8.98. The van der Waals surface area contributed by atoms with Crippen molar-refractivity contribution in [3.05, 3.63) is 41.1 Å². The molecule has 0 aliphatic heterocycles. The summed E-state index contributed by atoms with van der Waals surface area (Å²) in [6.45, 7) is 11.4. The monoisotopic (exact) mass is 511 g/mol. The summed E-state index contributed by atoms with van der Waals surface area (Å²) >= 11 is 0. The molecule has 0 spiro atoms. The van der Waals surface area contributed by atoms with Gasteiger partial charge in [-0.2, -0.15) is 0 Å². The van der Waals surface area contributed by atoms with Gasteiger partial charge in [0.2, 0.25) is 17.7 Å². The highest BCUT2D eigenvalue weighted by atomic mass is 16.5. The van der Waals surface area contributed by atoms with E-state index < -0.39 is 18.6 Å². The zero-order chi connectivity index (χ0) is 27.1. The van der Waals surface area contributed by atoms with Crippen molar-refractivity contribution in [3.63, 3.8) is 0 Å². The molecule has 0 radical (unpaired) electrons. The molecule has 200 valence electrons. The van der Waals surface area contributed by atoms with Gasteiger partial charge < -0.3 is 29.2 Å². The molecule has 2 aromatic heterocycles. The van der Waals surface area contributed by atoms with E-state index in [1.54, 1.807) is 6.20 Å². The van der Waals surface area contributed by atoms with Crippen molar-refractivity contribution < 1.29 is 24.2 Å². The Kier molecular flexibility index (Phi) is 9.60. The van der Waals surface area contributed by atoms with Gasteiger partial charge in [-0.15, -0.1) is 10.2 Å². The van der Waals surface area contributed by atoms with E-state index in [0.29, 0.717) is 24.0 Å². The maximum absolute atomic E-state index is 11.5. The maximum atomic E-state index is 11.5. The van der Waals surface area contributed by atoms with Crippen molar-refractivity contribution >= 4 is 11.7 Å². The van der Waals surface area contributed by atoms with Gasteiger partial charge in [0.25, 0.3) is 0 Å². The Hall–Kier alpha value is -3.50. The molecule has 3 aromatic rings. The number of aliphatic hydroxyl groups is 2. The van der Waals surface area contributed by atoms with Crippen LogP contribution in [0.3, 0.4) is 0 Å². The maximum Gasteiger partial charge on any atom is 0.249 e. The lowest BCUT2D eigenvalue weighted by Crippen LogP contribution is -2.38. The number of anilines is 1. The summed E-state index contributed by atoms with van der Waals surface area (Å²) in [6, 6.07) is 5.86. The fraction of sp³-hybridized carbons (Fsp3) is 0.481. The van der Waals surface area contributed by atoms with Crippen LogP contribution in [0.1, 0.15) is 37.5 Å². The number of hydrogen-bond acceptors (Lipinski definition) is 9. The van der Waals surface area contributed by atoms with Crippen LogP contribution >= 0.6 is 0 Å². The Bertz CT molecular complexity index is 1210. The summed E-state index contributed by atoms with van der Waals surface area (Å²) < 4.78 is 12.0. The molecule has 0 aliphatic carbocycles. The summed E-state index contributed by atoms with van der Waals surface area (Å²) in [5.41, 5.74) is 4.38. The average Bonchev–Trinajstić information content (AvgIpc) is 3.39. The van der Waals surface area contributed by atoms with E-state index >= 15 is 0 Å². The zero-order valence-corrected chi connectivity index (χ0v) is 22.5. The third-order valence-electron chi connectivity index (χ3n) is 6.23. The number of carbonyl (C=O) groups is 1. The highest BCUT2D eigenvalue weighted by molar-refractivity contribution is 5.76. The topological polar surface area (TPSA) is 125 Å². The van der Waals surface area contributed by atoms with E-state index in [9.17, 15) is 9.90 Å². The highest BCUT2D eigenvalue weighted by Gasteiger charge is 2.18. The summed E-state index contributed by atoms with van der Waals surface area (Å²) in [5.74, 6) is 1.96. The predicted octanol–water partition coefficient (Wildman–Crippen LogP) is 3.01. The molecule has 3 rings (SSSR count). The quantitative estimate of drug-likeness (QED) is 0.377. The van der Waals surface area contributed by atoms with Crippen LogP contribution in [0.25, 0.3) is 22.9 Å². The molecule has 2 N–H and O–H groups in total. The Labute approximate surface area is 217 Å². The number of aryl methyl sites for hydroxylation is 3. The standard InChI is InChI=1S/C27H37N5O5/c1-7-19-12-20(10-17(4)24(19)36-16-22(34)14-31(6)23(35)15-33)26-29-30-27(37-26)21-11-18(5)25(28-13-21)32(8-2)9-3/h10-13,22,33-34H,7-9,14-16H2,1-6H3/t22-/m0/s1. The number of aromatic nitrogens is 3. The van der Waals surface area contributed by atoms with E-state index in [2.05, 4.69) is 33.9 Å². The minimum atomic E-state index is -0.895. The van der Waals surface area contributed by atoms with Gasteiger partial charge in [-0.3, -0.25) is 4.79 Å². The van der Waals surface area contributed by atoms with Gasteiger partial charge in [-0.05, 0) is 69.0 Å². The fourth-order valence-corrected chi connectivity index (χ4v) is 4.21. The van der Waals surface area contributed by atoms with Crippen molar-refractivity contribution in [3.8, 4) is 28.7 Å². The van der Waals surface area contributed by atoms with E-state index in [0.717, 1.165) is 46.7 Å². The number of rotatable bonds is 12. The Morgan fingerprint density at radius 3 is 2.30 bits per heavy atom. The number of carbonyl (C=O) groups excluding carboxylic acids is 1. The molecule has 37 heavy (non-hydrogen) atoms. The minimum absolute atomic E-state index is 0.0107. The lowest BCUT2D eigenvalue weighted by Gasteiger charge is -2.21. The molecule has 1 aromatic carbocycles. The lowest BCUT2D eigenvalue weighted by molar-refractivity contribution is -0.134. The first-order chi connectivity index (χ1) is 17.7. The molecule has 10 nitrogen and oxygen atoms in total. The molecule has 0 bridgehead atoms. The number of hydrogen-bond donors (Lipinski definition) is 2. The minimum Gasteiger partial charge on any atom is -0.490 e. The smallest absolute Gasteiger partial charge is 0.249 e. The Morgan fingerprint density at radius 1 is 1.05 bits per heavy atom. The van der Waals surface area contributed by atoms with Gasteiger partial charge in [0.15, 0.2) is 0 Å². The van der Waals surface area contributed by atoms with Crippen LogP contribution in [0, 0.1) is 13.8 Å². The zero-order valence-electron chi connectivity index (χ0n) is 22.5. The van der Waals surface area contributed by atoms with Crippen LogP contribution in [0.15, 0.2) is 28.8 Å². The molecule has 0 saturated carbocycles. The Balaban J connectivity index is 1.78. The van der Waals surface area contributed by atoms with E-state index in [1.165, 1.54) is 11.9 Å². The summed E-state index contributed by atoms with van der Waals surface area (Å²) in [7, 11) is 1.52. The van der Waals surface area contributed by atoms with Crippen LogP contribution in [0.2, 0.25) is 0 Å². The largest absolute Gasteiger partial charge is 0.490 e. The van der Waals surface area contributed by atoms with Gasteiger partial charge >= 0.3 is 0 Å². The number of amides is 1. The van der Waals surface area contributed by atoms with Crippen molar-refractivity contribution in [2.75, 3.05) is 44.8 Å². The predicted molar refractivity (Wildman–Crippen MR) is 142 cm³/mol. The molecular formula is C27H37N5O5. The summed E-state index contributed by atoms with van der Waals surface area (Å²) in [6.07, 6.45) is 1.56. The van der Waals surface area contributed by atoms with E-state index in [1.807, 2.05) is 39.0 Å². The molecular weight excluding hydrogens is 474 g/mol. The second-order valence-electron chi connectivity index (χ2n) is 8.98. The van der Waals surface area contributed by atoms with Crippen molar-refractivity contribution in [2.24, 2.45) is 0 Å². The van der Waals surface area contributed by atoms with Gasteiger partial charge in [-0.1, -0.05) is 6.92 Å².